The number of hydrogen-bond donors (Lipinski definition) is 2. The zero-order chi connectivity index (χ0) is 24.9. The van der Waals surface area contributed by atoms with Gasteiger partial charge in [-0.2, -0.15) is 0 Å². The van der Waals surface area contributed by atoms with Crippen molar-refractivity contribution in [2.75, 3.05) is 0 Å². The summed E-state index contributed by atoms with van der Waals surface area (Å²) in [5.41, 5.74) is 7.66. The van der Waals surface area contributed by atoms with Crippen LogP contribution in [0.15, 0.2) is 53.8 Å². The van der Waals surface area contributed by atoms with Crippen molar-refractivity contribution in [1.82, 2.24) is 15.2 Å². The van der Waals surface area contributed by atoms with Crippen molar-refractivity contribution in [3.8, 4) is 5.75 Å². The first kappa shape index (κ1) is 23.3. The Bertz CT molecular complexity index is 1160. The number of aliphatic imine (C=N–C) groups is 1. The maximum atomic E-state index is 13.6. The number of carbonyl (C=O) groups excluding carboxylic acids is 2. The smallest absolute Gasteiger partial charge is 0.232 e. The lowest BCUT2D eigenvalue weighted by Crippen LogP contribution is -2.52. The van der Waals surface area contributed by atoms with E-state index in [1.807, 2.05) is 57.2 Å². The number of pyridine rings is 1. The Morgan fingerprint density at radius 1 is 1.23 bits per heavy atom. The molecule has 0 bridgehead atoms. The number of rotatable bonds is 5. The predicted molar refractivity (Wildman–Crippen MR) is 132 cm³/mol. The summed E-state index contributed by atoms with van der Waals surface area (Å²) in [6, 6.07) is 11.1. The minimum atomic E-state index is -0.545. The van der Waals surface area contributed by atoms with Gasteiger partial charge in [0.1, 0.15) is 5.75 Å². The minimum Gasteiger partial charge on any atom is -0.490 e. The minimum absolute atomic E-state index is 0.00871. The monoisotopic (exact) mass is 475 g/mol. The molecule has 8 nitrogen and oxygen atoms in total. The van der Waals surface area contributed by atoms with Gasteiger partial charge in [0.05, 0.1) is 30.1 Å². The summed E-state index contributed by atoms with van der Waals surface area (Å²) in [7, 11) is 0. The van der Waals surface area contributed by atoms with Crippen LogP contribution in [-0.4, -0.2) is 39.3 Å². The summed E-state index contributed by atoms with van der Waals surface area (Å²) in [6.07, 6.45) is 4.43. The molecule has 4 unspecified atom stereocenters. The molecular weight excluding hydrogens is 442 g/mol. The van der Waals surface area contributed by atoms with Crippen LogP contribution in [0.1, 0.15) is 63.7 Å². The van der Waals surface area contributed by atoms with Crippen molar-refractivity contribution < 1.29 is 14.3 Å². The number of nitrogens with zero attached hydrogens (tertiary/aromatic N) is 3. The molecule has 1 fully saturated rings. The lowest BCUT2D eigenvalue weighted by Gasteiger charge is -2.38. The molecule has 0 spiro atoms. The van der Waals surface area contributed by atoms with Crippen LogP contribution >= 0.6 is 0 Å². The molecular formula is C27H33N5O3. The molecule has 3 aliphatic rings. The fourth-order valence-corrected chi connectivity index (χ4v) is 5.77. The Morgan fingerprint density at radius 3 is 2.71 bits per heavy atom. The van der Waals surface area contributed by atoms with E-state index in [2.05, 4.69) is 22.2 Å². The summed E-state index contributed by atoms with van der Waals surface area (Å²) in [4.78, 5) is 37.3. The second-order valence-electron chi connectivity index (χ2n) is 10.7. The van der Waals surface area contributed by atoms with Crippen LogP contribution in [0.25, 0.3) is 0 Å². The number of nitrogens with one attached hydrogen (secondary N) is 1. The van der Waals surface area contributed by atoms with Gasteiger partial charge in [-0.25, -0.2) is 4.99 Å². The standard InChI is InChI=1S/C27H33N5O3/c1-15-12-19(18-9-5-6-10-20(18)35-15)30-25(34)23-16(2)22(23)24(17-8-7-11-29-14-17)32-21(33)13-27(3,4)31-26(32)28/h5-11,14-16,19,22-24H,12-13H2,1-4H3,(H2,28,31)(H,30,34)/t15-,16?,19-,22?,23?,24?/m0/s1. The molecule has 2 aromatic rings. The second kappa shape index (κ2) is 8.66. The zero-order valence-corrected chi connectivity index (χ0v) is 20.6. The van der Waals surface area contributed by atoms with Gasteiger partial charge < -0.3 is 15.8 Å². The summed E-state index contributed by atoms with van der Waals surface area (Å²) < 4.78 is 5.95. The third kappa shape index (κ3) is 4.37. The lowest BCUT2D eigenvalue weighted by molar-refractivity contribution is -0.132. The van der Waals surface area contributed by atoms with Crippen LogP contribution in [0, 0.1) is 17.8 Å². The molecule has 0 saturated heterocycles. The average molecular weight is 476 g/mol. The number of nitrogens with two attached hydrogens (primary N) is 1. The first-order valence-electron chi connectivity index (χ1n) is 12.3. The van der Waals surface area contributed by atoms with Crippen molar-refractivity contribution in [3.63, 3.8) is 0 Å². The SMILES string of the molecule is CC1C(C(=O)N[C@H]2C[C@H](C)Oc3ccccc32)C1C(c1cccnc1)N1C(=O)CC(C)(C)N=C1N. The second-order valence-corrected chi connectivity index (χ2v) is 10.7. The number of carbonyl (C=O) groups is 2. The van der Waals surface area contributed by atoms with E-state index in [1.54, 1.807) is 17.3 Å². The van der Waals surface area contributed by atoms with Crippen LogP contribution in [0.3, 0.4) is 0 Å². The molecule has 0 radical (unpaired) electrons. The molecule has 3 N–H and O–H groups in total. The fourth-order valence-electron chi connectivity index (χ4n) is 5.77. The number of benzene rings is 1. The number of fused-ring (bicyclic) bond motifs is 1. The van der Waals surface area contributed by atoms with Crippen molar-refractivity contribution >= 4 is 17.8 Å². The van der Waals surface area contributed by atoms with Gasteiger partial charge in [0.15, 0.2) is 5.96 Å². The van der Waals surface area contributed by atoms with Gasteiger partial charge in [-0.3, -0.25) is 19.5 Å². The van der Waals surface area contributed by atoms with Gasteiger partial charge in [-0.15, -0.1) is 0 Å². The van der Waals surface area contributed by atoms with Crippen molar-refractivity contribution in [2.45, 2.75) is 64.3 Å². The Morgan fingerprint density at radius 2 is 2.00 bits per heavy atom. The molecule has 2 amide bonds. The van der Waals surface area contributed by atoms with Crippen LogP contribution in [0.4, 0.5) is 0 Å². The Hall–Kier alpha value is -3.42. The fraction of sp³-hybridized carbons (Fsp3) is 0.481. The summed E-state index contributed by atoms with van der Waals surface area (Å²) in [5.74, 6) is 0.656. The van der Waals surface area contributed by atoms with Gasteiger partial charge in [0.25, 0.3) is 0 Å². The van der Waals surface area contributed by atoms with Gasteiger partial charge in [-0.1, -0.05) is 31.2 Å². The highest BCUT2D eigenvalue weighted by Gasteiger charge is 2.59. The lowest BCUT2D eigenvalue weighted by atomic mass is 9.94. The maximum Gasteiger partial charge on any atom is 0.232 e. The van der Waals surface area contributed by atoms with Crippen LogP contribution in [0.2, 0.25) is 0 Å². The largest absolute Gasteiger partial charge is 0.490 e. The van der Waals surface area contributed by atoms with Gasteiger partial charge in [0, 0.05) is 30.3 Å². The Labute approximate surface area is 206 Å². The molecule has 6 atom stereocenters. The molecule has 5 rings (SSSR count). The highest BCUT2D eigenvalue weighted by Crippen LogP contribution is 2.56. The van der Waals surface area contributed by atoms with E-state index >= 15 is 0 Å². The first-order valence-corrected chi connectivity index (χ1v) is 12.3. The van der Waals surface area contributed by atoms with Crippen molar-refractivity contribution in [1.29, 1.82) is 0 Å². The Kier molecular flexibility index (Phi) is 5.77. The zero-order valence-electron chi connectivity index (χ0n) is 20.6. The van der Waals surface area contributed by atoms with Crippen LogP contribution in [-0.2, 0) is 9.59 Å². The highest BCUT2D eigenvalue weighted by atomic mass is 16.5. The quantitative estimate of drug-likeness (QED) is 0.689. The first-order chi connectivity index (χ1) is 16.7. The van der Waals surface area contributed by atoms with Crippen LogP contribution < -0.4 is 15.8 Å². The predicted octanol–water partition coefficient (Wildman–Crippen LogP) is 3.36. The summed E-state index contributed by atoms with van der Waals surface area (Å²) in [6.45, 7) is 7.87. The number of para-hydroxylation sites is 1. The number of hydrogen-bond acceptors (Lipinski definition) is 6. The third-order valence-electron chi connectivity index (χ3n) is 7.44. The summed E-state index contributed by atoms with van der Waals surface area (Å²) in [5, 5.41) is 3.27. The van der Waals surface area contributed by atoms with E-state index < -0.39 is 11.6 Å². The molecule has 35 heavy (non-hydrogen) atoms. The summed E-state index contributed by atoms with van der Waals surface area (Å²) >= 11 is 0. The van der Waals surface area contributed by atoms with E-state index in [4.69, 9.17) is 10.5 Å². The average Bonchev–Trinajstić information content (AvgIpc) is 3.46. The number of amides is 2. The number of ether oxygens (including phenoxy) is 1. The number of guanidine groups is 1. The molecule has 1 saturated carbocycles. The topological polar surface area (TPSA) is 110 Å². The van der Waals surface area contributed by atoms with Crippen molar-refractivity contribution in [2.24, 2.45) is 28.5 Å². The van der Waals surface area contributed by atoms with Gasteiger partial charge >= 0.3 is 0 Å². The number of aromatic nitrogens is 1. The molecule has 1 aliphatic carbocycles. The molecule has 3 heterocycles. The van der Waals surface area contributed by atoms with E-state index in [0.717, 1.165) is 16.9 Å². The third-order valence-corrected chi connectivity index (χ3v) is 7.44. The van der Waals surface area contributed by atoms with E-state index in [-0.39, 0.29) is 54.1 Å². The van der Waals surface area contributed by atoms with E-state index in [9.17, 15) is 9.59 Å². The van der Waals surface area contributed by atoms with Gasteiger partial charge in [0.2, 0.25) is 11.8 Å². The molecule has 2 aliphatic heterocycles. The molecule has 1 aromatic carbocycles. The van der Waals surface area contributed by atoms with Gasteiger partial charge in [-0.05, 0) is 50.3 Å². The molecule has 1 aromatic heterocycles. The molecule has 184 valence electrons. The Balaban J connectivity index is 1.42. The normalized spacial score (nSPS) is 29.9. The van der Waals surface area contributed by atoms with E-state index in [0.29, 0.717) is 6.42 Å². The van der Waals surface area contributed by atoms with Crippen LogP contribution in [0.5, 0.6) is 5.75 Å². The molecule has 8 heteroatoms. The van der Waals surface area contributed by atoms with E-state index in [1.165, 1.54) is 0 Å². The highest BCUT2D eigenvalue weighted by molar-refractivity contribution is 5.99. The maximum absolute atomic E-state index is 13.6. The van der Waals surface area contributed by atoms with Crippen molar-refractivity contribution in [3.05, 3.63) is 59.9 Å².